The Kier molecular flexibility index (Phi) is 4.74. The van der Waals surface area contributed by atoms with Crippen molar-refractivity contribution in [1.82, 2.24) is 9.97 Å². The third-order valence-electron chi connectivity index (χ3n) is 2.78. The molecule has 0 aliphatic rings. The van der Waals surface area contributed by atoms with Crippen molar-refractivity contribution in [2.75, 3.05) is 16.1 Å². The van der Waals surface area contributed by atoms with Gasteiger partial charge in [0.25, 0.3) is 0 Å². The molecule has 0 fully saturated rings. The minimum Gasteiger partial charge on any atom is -0.308 e. The summed E-state index contributed by atoms with van der Waals surface area (Å²) >= 11 is 5.96. The molecule has 2 amide bonds. The predicted octanol–water partition coefficient (Wildman–Crippen LogP) is 3.33. The molecule has 4 N–H and O–H groups in total. The lowest BCUT2D eigenvalue weighted by atomic mass is 10.2. The summed E-state index contributed by atoms with van der Waals surface area (Å²) in [6.07, 6.45) is 0. The van der Waals surface area contributed by atoms with Crippen molar-refractivity contribution < 1.29 is 14.4 Å². The van der Waals surface area contributed by atoms with Gasteiger partial charge in [0.15, 0.2) is 11.6 Å². The van der Waals surface area contributed by atoms with Gasteiger partial charge in [0.05, 0.1) is 5.69 Å². The number of benzene rings is 1. The molecule has 1 aromatic carbocycles. The summed E-state index contributed by atoms with van der Waals surface area (Å²) in [4.78, 5) is 19.2. The van der Waals surface area contributed by atoms with Crippen molar-refractivity contribution in [2.24, 2.45) is 0 Å². The number of nitrogens with zero attached hydrogens (tertiary/aromatic N) is 2. The molecule has 0 bridgehead atoms. The zero-order valence-corrected chi connectivity index (χ0v) is 12.5. The van der Waals surface area contributed by atoms with Gasteiger partial charge in [-0.15, -0.1) is 0 Å². The molecule has 7 nitrogen and oxygen atoms in total. The van der Waals surface area contributed by atoms with Gasteiger partial charge < -0.3 is 5.32 Å². The van der Waals surface area contributed by atoms with E-state index < -0.39 is 17.7 Å². The number of nitrogens with one attached hydrogen (secondary N) is 3. The number of aromatic nitrogens is 2. The zero-order chi connectivity index (χ0) is 16.3. The van der Waals surface area contributed by atoms with Crippen LogP contribution in [-0.4, -0.2) is 21.2 Å². The van der Waals surface area contributed by atoms with Crippen LogP contribution < -0.4 is 16.1 Å². The number of aryl methyl sites for hydroxylation is 2. The molecule has 9 heteroatoms. The van der Waals surface area contributed by atoms with Gasteiger partial charge in [-0.3, -0.25) is 10.5 Å². The minimum absolute atomic E-state index is 0.0276. The number of hydrogen-bond acceptors (Lipinski definition) is 5. The number of carbonyl (C=O) groups excluding carboxylic acids is 1. The largest absolute Gasteiger partial charge is 0.326 e. The van der Waals surface area contributed by atoms with Gasteiger partial charge in [0, 0.05) is 10.7 Å². The molecule has 0 unspecified atom stereocenters. The van der Waals surface area contributed by atoms with E-state index in [2.05, 4.69) is 20.6 Å². The Balaban J connectivity index is 2.12. The molecule has 0 spiro atoms. The smallest absolute Gasteiger partial charge is 0.308 e. The molecule has 0 radical (unpaired) electrons. The molecule has 0 saturated carbocycles. The maximum absolute atomic E-state index is 13.5. The Hall–Kier alpha value is -2.45. The van der Waals surface area contributed by atoms with Crippen molar-refractivity contribution >= 4 is 35.1 Å². The fourth-order valence-corrected chi connectivity index (χ4v) is 1.80. The SMILES string of the molecule is Cc1ccc(NC(=O)Nc2nc(C)c(F)c(NO)n2)cc1Cl. The molecular weight excluding hydrogens is 313 g/mol. The van der Waals surface area contributed by atoms with Gasteiger partial charge in [-0.2, -0.15) is 4.98 Å². The fraction of sp³-hybridized carbons (Fsp3) is 0.154. The third kappa shape index (κ3) is 3.60. The minimum atomic E-state index is -0.807. The van der Waals surface area contributed by atoms with Crippen LogP contribution >= 0.6 is 11.6 Å². The Morgan fingerprint density at radius 3 is 2.64 bits per heavy atom. The number of anilines is 3. The van der Waals surface area contributed by atoms with E-state index in [0.29, 0.717) is 10.7 Å². The molecule has 0 aliphatic heterocycles. The van der Waals surface area contributed by atoms with Crippen LogP contribution in [0.2, 0.25) is 5.02 Å². The first-order valence-corrected chi connectivity index (χ1v) is 6.57. The average Bonchev–Trinajstić information content (AvgIpc) is 2.46. The highest BCUT2D eigenvalue weighted by Gasteiger charge is 2.13. The van der Waals surface area contributed by atoms with Crippen LogP contribution in [0.5, 0.6) is 0 Å². The van der Waals surface area contributed by atoms with Gasteiger partial charge >= 0.3 is 6.03 Å². The van der Waals surface area contributed by atoms with Crippen molar-refractivity contribution in [3.63, 3.8) is 0 Å². The Bertz CT molecular complexity index is 726. The van der Waals surface area contributed by atoms with Crippen molar-refractivity contribution in [2.45, 2.75) is 13.8 Å². The zero-order valence-electron chi connectivity index (χ0n) is 11.7. The van der Waals surface area contributed by atoms with Crippen LogP contribution in [-0.2, 0) is 0 Å². The molecule has 2 rings (SSSR count). The number of rotatable bonds is 3. The normalized spacial score (nSPS) is 10.2. The summed E-state index contributed by atoms with van der Waals surface area (Å²) < 4.78 is 13.5. The molecule has 116 valence electrons. The monoisotopic (exact) mass is 325 g/mol. The summed E-state index contributed by atoms with van der Waals surface area (Å²) in [5.74, 6) is -1.40. The highest BCUT2D eigenvalue weighted by Crippen LogP contribution is 2.20. The summed E-state index contributed by atoms with van der Waals surface area (Å²) in [6.45, 7) is 3.21. The molecule has 0 atom stereocenters. The van der Waals surface area contributed by atoms with E-state index in [1.807, 2.05) is 6.92 Å². The van der Waals surface area contributed by atoms with Crippen molar-refractivity contribution in [3.05, 3.63) is 40.3 Å². The first kappa shape index (κ1) is 15.9. The van der Waals surface area contributed by atoms with Crippen LogP contribution in [0.4, 0.5) is 26.6 Å². The van der Waals surface area contributed by atoms with E-state index in [9.17, 15) is 9.18 Å². The fourth-order valence-electron chi connectivity index (χ4n) is 1.62. The molecule has 1 aromatic heterocycles. The molecule has 1 heterocycles. The van der Waals surface area contributed by atoms with Gasteiger partial charge in [0.2, 0.25) is 5.95 Å². The molecule has 22 heavy (non-hydrogen) atoms. The van der Waals surface area contributed by atoms with Gasteiger partial charge in [-0.1, -0.05) is 17.7 Å². The highest BCUT2D eigenvalue weighted by molar-refractivity contribution is 6.31. The Labute approximate surface area is 130 Å². The number of urea groups is 1. The van der Waals surface area contributed by atoms with E-state index >= 15 is 0 Å². The number of halogens is 2. The lowest BCUT2D eigenvalue weighted by molar-refractivity contribution is 0.262. The van der Waals surface area contributed by atoms with Crippen molar-refractivity contribution in [1.29, 1.82) is 0 Å². The topological polar surface area (TPSA) is 99.2 Å². The van der Waals surface area contributed by atoms with Crippen LogP contribution in [0.3, 0.4) is 0 Å². The third-order valence-corrected chi connectivity index (χ3v) is 3.19. The number of hydrogen-bond donors (Lipinski definition) is 4. The van der Waals surface area contributed by atoms with E-state index in [4.69, 9.17) is 16.8 Å². The Morgan fingerprint density at radius 1 is 1.27 bits per heavy atom. The summed E-state index contributed by atoms with van der Waals surface area (Å²) in [7, 11) is 0. The van der Waals surface area contributed by atoms with E-state index in [1.165, 1.54) is 6.92 Å². The molecule has 0 aliphatic carbocycles. The lowest BCUT2D eigenvalue weighted by Crippen LogP contribution is -2.21. The first-order valence-electron chi connectivity index (χ1n) is 6.19. The quantitative estimate of drug-likeness (QED) is 0.649. The van der Waals surface area contributed by atoms with Crippen LogP contribution in [0.1, 0.15) is 11.3 Å². The molecule has 0 saturated heterocycles. The van der Waals surface area contributed by atoms with Crippen LogP contribution in [0.25, 0.3) is 0 Å². The Morgan fingerprint density at radius 2 is 2.00 bits per heavy atom. The average molecular weight is 326 g/mol. The maximum Gasteiger partial charge on any atom is 0.326 e. The van der Waals surface area contributed by atoms with Crippen LogP contribution in [0.15, 0.2) is 18.2 Å². The van der Waals surface area contributed by atoms with Gasteiger partial charge in [-0.05, 0) is 31.5 Å². The number of amides is 2. The van der Waals surface area contributed by atoms with E-state index in [0.717, 1.165) is 5.56 Å². The second-order valence-corrected chi connectivity index (χ2v) is 4.86. The lowest BCUT2D eigenvalue weighted by Gasteiger charge is -2.09. The molecule has 2 aromatic rings. The van der Waals surface area contributed by atoms with Gasteiger partial charge in [-0.25, -0.2) is 19.6 Å². The van der Waals surface area contributed by atoms with E-state index in [-0.39, 0.29) is 11.6 Å². The van der Waals surface area contributed by atoms with Crippen LogP contribution in [0, 0.1) is 19.7 Å². The number of carbonyl (C=O) groups is 1. The second kappa shape index (κ2) is 6.54. The summed E-state index contributed by atoms with van der Waals surface area (Å²) in [5.41, 5.74) is 2.93. The molecular formula is C13H13ClFN5O2. The standard InChI is InChI=1S/C13H13ClFN5O2/c1-6-3-4-8(5-9(6)14)17-13(21)19-12-16-7(2)10(15)11(18-12)20-22/h3-5,22H,1-2H3,(H3,16,17,18,19,20,21). The highest BCUT2D eigenvalue weighted by atomic mass is 35.5. The maximum atomic E-state index is 13.5. The predicted molar refractivity (Wildman–Crippen MR) is 81.0 cm³/mol. The summed E-state index contributed by atoms with van der Waals surface area (Å²) in [5, 5.41) is 14.2. The first-order chi connectivity index (χ1) is 10.4. The van der Waals surface area contributed by atoms with Crippen molar-refractivity contribution in [3.8, 4) is 0 Å². The van der Waals surface area contributed by atoms with E-state index in [1.54, 1.807) is 23.7 Å². The summed E-state index contributed by atoms with van der Waals surface area (Å²) in [6, 6.07) is 4.39. The van der Waals surface area contributed by atoms with Gasteiger partial charge in [0.1, 0.15) is 0 Å². The second-order valence-electron chi connectivity index (χ2n) is 4.45.